The lowest BCUT2D eigenvalue weighted by Gasteiger charge is -2.37. The number of hydrogen-bond donors (Lipinski definition) is 1. The highest BCUT2D eigenvalue weighted by Gasteiger charge is 2.35. The first-order valence-corrected chi connectivity index (χ1v) is 14.3. The predicted molar refractivity (Wildman–Crippen MR) is 165 cm³/mol. The van der Waals surface area contributed by atoms with Crippen LogP contribution >= 0.6 is 23.2 Å². The summed E-state index contributed by atoms with van der Waals surface area (Å²) in [4.78, 5) is 5.90. The van der Waals surface area contributed by atoms with E-state index in [0.717, 1.165) is 53.6 Å². The molecule has 0 aliphatic carbocycles. The van der Waals surface area contributed by atoms with Gasteiger partial charge in [0.25, 0.3) is 0 Å². The predicted octanol–water partition coefficient (Wildman–Crippen LogP) is 8.77. The zero-order valence-electron chi connectivity index (χ0n) is 22.4. The zero-order valence-corrected chi connectivity index (χ0v) is 23.9. The van der Waals surface area contributed by atoms with Crippen LogP contribution in [-0.2, 0) is 10.4 Å². The van der Waals surface area contributed by atoms with Crippen LogP contribution in [0.25, 0.3) is 0 Å². The maximum absolute atomic E-state index is 8.82. The number of halogens is 2. The standard InChI is InChI=1S/C34H33Cl2N3O/c35-31-22-21-27(26-32(31)36)33(20-12-1-2-13-23-37)39-40-25-24-38-34(28-14-6-3-7-15-28,29-16-8-4-9-17-29)30-18-10-5-11-19-30/h3-11,14-19,21-22,26,38H,1-2,12-13,20,24-25H2. The highest BCUT2D eigenvalue weighted by molar-refractivity contribution is 6.42. The van der Waals surface area contributed by atoms with Crippen LogP contribution in [0.2, 0.25) is 10.0 Å². The maximum Gasteiger partial charge on any atom is 0.129 e. The Bertz CT molecular complexity index is 1310. The third-order valence-corrected chi connectivity index (χ3v) is 7.57. The van der Waals surface area contributed by atoms with E-state index in [9.17, 15) is 0 Å². The van der Waals surface area contributed by atoms with Gasteiger partial charge in [-0.2, -0.15) is 5.26 Å². The summed E-state index contributed by atoms with van der Waals surface area (Å²) < 4.78 is 0. The minimum atomic E-state index is -0.565. The van der Waals surface area contributed by atoms with E-state index in [1.807, 2.05) is 30.3 Å². The average Bonchev–Trinajstić information content (AvgIpc) is 3.00. The van der Waals surface area contributed by atoms with Crippen LogP contribution in [0.1, 0.15) is 54.4 Å². The van der Waals surface area contributed by atoms with Gasteiger partial charge in [0, 0.05) is 18.5 Å². The second-order valence-corrected chi connectivity index (χ2v) is 10.3. The summed E-state index contributed by atoms with van der Waals surface area (Å²) in [6, 6.07) is 39.1. The first-order chi connectivity index (χ1) is 19.6. The topological polar surface area (TPSA) is 57.4 Å². The molecule has 0 heterocycles. The number of unbranched alkanes of at least 4 members (excludes halogenated alkanes) is 3. The van der Waals surface area contributed by atoms with E-state index in [-0.39, 0.29) is 0 Å². The SMILES string of the molecule is N#CCCCCCC(=NOCCNC(c1ccccc1)(c1ccccc1)c1ccccc1)c1ccc(Cl)c(Cl)c1. The van der Waals surface area contributed by atoms with E-state index in [2.05, 4.69) is 89.3 Å². The van der Waals surface area contributed by atoms with Crippen molar-refractivity contribution < 1.29 is 4.84 Å². The van der Waals surface area contributed by atoms with Gasteiger partial charge in [0.1, 0.15) is 6.61 Å². The molecule has 4 aromatic rings. The summed E-state index contributed by atoms with van der Waals surface area (Å²) in [6.07, 6.45) is 4.01. The van der Waals surface area contributed by atoms with Gasteiger partial charge in [-0.3, -0.25) is 5.32 Å². The number of benzene rings is 4. The largest absolute Gasteiger partial charge is 0.394 e. The molecule has 4 rings (SSSR count). The molecule has 0 spiro atoms. The second-order valence-electron chi connectivity index (χ2n) is 9.49. The first kappa shape index (κ1) is 29.4. The van der Waals surface area contributed by atoms with Crippen LogP contribution in [0, 0.1) is 11.3 Å². The molecular weight excluding hydrogens is 537 g/mol. The molecular formula is C34H33Cl2N3O. The average molecular weight is 571 g/mol. The fraction of sp³-hybridized carbons (Fsp3) is 0.235. The number of nitriles is 1. The van der Waals surface area contributed by atoms with Gasteiger partial charge in [0.15, 0.2) is 0 Å². The number of oxime groups is 1. The Hall–Kier alpha value is -3.62. The lowest BCUT2D eigenvalue weighted by molar-refractivity contribution is 0.141. The van der Waals surface area contributed by atoms with Gasteiger partial charge in [-0.05, 0) is 48.1 Å². The van der Waals surface area contributed by atoms with Gasteiger partial charge >= 0.3 is 0 Å². The van der Waals surface area contributed by atoms with Crippen molar-refractivity contribution in [2.24, 2.45) is 5.16 Å². The second kappa shape index (κ2) is 15.2. The summed E-state index contributed by atoms with van der Waals surface area (Å²) in [6.45, 7) is 0.923. The molecule has 6 heteroatoms. The molecule has 4 aromatic carbocycles. The molecule has 0 unspecified atom stereocenters. The van der Waals surface area contributed by atoms with E-state index in [4.69, 9.17) is 33.3 Å². The molecule has 0 bridgehead atoms. The van der Waals surface area contributed by atoms with E-state index >= 15 is 0 Å². The van der Waals surface area contributed by atoms with E-state index in [1.54, 1.807) is 6.07 Å². The third-order valence-electron chi connectivity index (χ3n) is 6.83. The first-order valence-electron chi connectivity index (χ1n) is 13.6. The van der Waals surface area contributed by atoms with Crippen molar-refractivity contribution in [1.82, 2.24) is 5.32 Å². The van der Waals surface area contributed by atoms with Gasteiger partial charge in [0.05, 0.1) is 27.4 Å². The molecule has 40 heavy (non-hydrogen) atoms. The minimum Gasteiger partial charge on any atom is -0.394 e. The van der Waals surface area contributed by atoms with Crippen molar-refractivity contribution in [3.05, 3.63) is 141 Å². The quantitative estimate of drug-likeness (QED) is 0.0714. The zero-order chi connectivity index (χ0) is 28.0. The molecule has 0 aromatic heterocycles. The number of hydrogen-bond acceptors (Lipinski definition) is 4. The van der Waals surface area contributed by atoms with Gasteiger partial charge in [-0.15, -0.1) is 0 Å². The summed E-state index contributed by atoms with van der Waals surface area (Å²) >= 11 is 12.4. The van der Waals surface area contributed by atoms with Gasteiger partial charge in [-0.25, -0.2) is 0 Å². The molecule has 0 fully saturated rings. The molecule has 4 nitrogen and oxygen atoms in total. The molecule has 0 saturated heterocycles. The van der Waals surface area contributed by atoms with Crippen molar-refractivity contribution in [3.8, 4) is 6.07 Å². The fourth-order valence-electron chi connectivity index (χ4n) is 4.87. The number of nitrogens with one attached hydrogen (secondary N) is 1. The van der Waals surface area contributed by atoms with E-state index < -0.39 is 5.54 Å². The van der Waals surface area contributed by atoms with Crippen LogP contribution in [-0.4, -0.2) is 18.9 Å². The summed E-state index contributed by atoms with van der Waals surface area (Å²) in [5.41, 5.74) is 4.56. The number of rotatable bonds is 14. The van der Waals surface area contributed by atoms with Gasteiger partial charge in [0.2, 0.25) is 0 Å². The molecule has 1 N–H and O–H groups in total. The molecule has 0 radical (unpaired) electrons. The van der Waals surface area contributed by atoms with Crippen LogP contribution in [0.4, 0.5) is 0 Å². The van der Waals surface area contributed by atoms with Crippen molar-refractivity contribution in [3.63, 3.8) is 0 Å². The van der Waals surface area contributed by atoms with Gasteiger partial charge < -0.3 is 4.84 Å². The molecule has 0 aliphatic rings. The van der Waals surface area contributed by atoms with Crippen LogP contribution in [0.5, 0.6) is 0 Å². The fourth-order valence-corrected chi connectivity index (χ4v) is 5.17. The Morgan fingerprint density at radius 1 is 0.750 bits per heavy atom. The summed E-state index contributed by atoms with van der Waals surface area (Å²) in [7, 11) is 0. The monoisotopic (exact) mass is 569 g/mol. The summed E-state index contributed by atoms with van der Waals surface area (Å²) in [5.74, 6) is 0. The van der Waals surface area contributed by atoms with E-state index in [1.165, 1.54) is 0 Å². The lowest BCUT2D eigenvalue weighted by atomic mass is 9.77. The highest BCUT2D eigenvalue weighted by Crippen LogP contribution is 2.36. The molecule has 0 aliphatic heterocycles. The minimum absolute atomic E-state index is 0.369. The lowest BCUT2D eigenvalue weighted by Crippen LogP contribution is -2.46. The van der Waals surface area contributed by atoms with Crippen LogP contribution < -0.4 is 5.32 Å². The van der Waals surface area contributed by atoms with Crippen molar-refractivity contribution in [1.29, 1.82) is 5.26 Å². The van der Waals surface area contributed by atoms with Gasteiger partial charge in [-0.1, -0.05) is 132 Å². The Morgan fingerprint density at radius 3 is 1.85 bits per heavy atom. The highest BCUT2D eigenvalue weighted by atomic mass is 35.5. The Balaban J connectivity index is 1.54. The maximum atomic E-state index is 8.82. The Kier molecular flexibility index (Phi) is 11.2. The van der Waals surface area contributed by atoms with E-state index in [0.29, 0.717) is 29.6 Å². The van der Waals surface area contributed by atoms with Crippen molar-refractivity contribution in [2.75, 3.05) is 13.2 Å². The van der Waals surface area contributed by atoms with Crippen molar-refractivity contribution in [2.45, 2.75) is 37.6 Å². The summed E-state index contributed by atoms with van der Waals surface area (Å²) in [5, 5.41) is 18.2. The normalized spacial score (nSPS) is 11.7. The molecule has 0 atom stereocenters. The van der Waals surface area contributed by atoms with Crippen LogP contribution in [0.3, 0.4) is 0 Å². The molecule has 204 valence electrons. The van der Waals surface area contributed by atoms with Crippen molar-refractivity contribution >= 4 is 28.9 Å². The third kappa shape index (κ3) is 7.52. The Labute approximate surface area is 247 Å². The molecule has 0 saturated carbocycles. The smallest absolute Gasteiger partial charge is 0.129 e. The molecule has 0 amide bonds. The number of nitrogens with zero attached hydrogens (tertiary/aromatic N) is 2. The van der Waals surface area contributed by atoms with Crippen LogP contribution in [0.15, 0.2) is 114 Å². The Morgan fingerprint density at radius 2 is 1.32 bits per heavy atom.